The Bertz CT molecular complexity index is 839. The lowest BCUT2D eigenvalue weighted by Gasteiger charge is -2.34. The summed E-state index contributed by atoms with van der Waals surface area (Å²) < 4.78 is 1.94. The highest BCUT2D eigenvalue weighted by Gasteiger charge is 2.31. The molecule has 4 rings (SSSR count). The summed E-state index contributed by atoms with van der Waals surface area (Å²) in [5.74, 6) is 0.594. The van der Waals surface area contributed by atoms with Crippen LogP contribution >= 0.6 is 0 Å². The second-order valence-electron chi connectivity index (χ2n) is 7.36. The summed E-state index contributed by atoms with van der Waals surface area (Å²) in [6.45, 7) is 2.38. The predicted octanol–water partition coefficient (Wildman–Crippen LogP) is 1.59. The van der Waals surface area contributed by atoms with Crippen molar-refractivity contribution in [3.8, 4) is 5.75 Å². The van der Waals surface area contributed by atoms with Crippen LogP contribution in [0.4, 0.5) is 0 Å². The largest absolute Gasteiger partial charge is 0.508 e. The quantitative estimate of drug-likeness (QED) is 0.839. The number of hydrogen-bond acceptors (Lipinski definition) is 4. The van der Waals surface area contributed by atoms with Gasteiger partial charge in [-0.2, -0.15) is 5.10 Å². The van der Waals surface area contributed by atoms with E-state index in [1.807, 2.05) is 15.6 Å². The number of aromatic nitrogens is 2. The maximum Gasteiger partial charge on any atom is 0.226 e. The fourth-order valence-electron chi connectivity index (χ4n) is 3.56. The van der Waals surface area contributed by atoms with Crippen molar-refractivity contribution < 1.29 is 14.7 Å². The third-order valence-corrected chi connectivity index (χ3v) is 5.38. The number of aromatic hydroxyl groups is 1. The van der Waals surface area contributed by atoms with Crippen LogP contribution in [-0.4, -0.2) is 38.1 Å². The third-order valence-electron chi connectivity index (χ3n) is 5.38. The van der Waals surface area contributed by atoms with E-state index in [-0.39, 0.29) is 29.9 Å². The number of benzene rings is 1. The van der Waals surface area contributed by atoms with Crippen LogP contribution in [0.3, 0.4) is 0 Å². The summed E-state index contributed by atoms with van der Waals surface area (Å²) in [4.78, 5) is 26.5. The lowest BCUT2D eigenvalue weighted by Crippen LogP contribution is -2.43. The van der Waals surface area contributed by atoms with Crippen molar-refractivity contribution >= 4 is 11.8 Å². The van der Waals surface area contributed by atoms with Gasteiger partial charge in [-0.1, -0.05) is 18.6 Å². The SMILES string of the molecule is O=C(Cc1ccc(O)cc1)NCc1cc2n(n1)CCN(C(=O)C1CCC1)C2. The number of carbonyl (C=O) groups excluding carboxylic acids is 2. The number of phenols is 1. The second kappa shape index (κ2) is 7.42. The van der Waals surface area contributed by atoms with Gasteiger partial charge in [0.2, 0.25) is 11.8 Å². The Kier molecular flexibility index (Phi) is 4.83. The standard InChI is InChI=1S/C20H24N4O3/c25-18-6-4-14(5-7-18)10-19(26)21-12-16-11-17-13-23(8-9-24(17)22-16)20(27)15-2-1-3-15/h4-7,11,15,25H,1-3,8-10,12-13H2,(H,21,26). The molecule has 2 aromatic rings. The predicted molar refractivity (Wildman–Crippen MR) is 98.6 cm³/mol. The van der Waals surface area contributed by atoms with Crippen molar-refractivity contribution in [1.29, 1.82) is 0 Å². The summed E-state index contributed by atoms with van der Waals surface area (Å²) >= 11 is 0. The van der Waals surface area contributed by atoms with Gasteiger partial charge in [0.25, 0.3) is 0 Å². The number of carbonyl (C=O) groups is 2. The molecular weight excluding hydrogens is 344 g/mol. The van der Waals surface area contributed by atoms with Crippen LogP contribution in [0, 0.1) is 5.92 Å². The van der Waals surface area contributed by atoms with Gasteiger partial charge < -0.3 is 15.3 Å². The number of hydrogen-bond donors (Lipinski definition) is 2. The zero-order valence-corrected chi connectivity index (χ0v) is 15.2. The molecule has 0 radical (unpaired) electrons. The minimum atomic E-state index is -0.0894. The summed E-state index contributed by atoms with van der Waals surface area (Å²) in [5, 5.41) is 16.7. The molecule has 2 aliphatic rings. The molecule has 2 amide bonds. The molecule has 1 aromatic carbocycles. The highest BCUT2D eigenvalue weighted by atomic mass is 16.3. The van der Waals surface area contributed by atoms with Crippen LogP contribution in [0.25, 0.3) is 0 Å². The second-order valence-corrected chi connectivity index (χ2v) is 7.36. The number of fused-ring (bicyclic) bond motifs is 1. The van der Waals surface area contributed by atoms with Crippen molar-refractivity contribution in [2.45, 2.75) is 45.3 Å². The van der Waals surface area contributed by atoms with Gasteiger partial charge in [-0.3, -0.25) is 14.3 Å². The monoisotopic (exact) mass is 368 g/mol. The maximum absolute atomic E-state index is 12.4. The maximum atomic E-state index is 12.4. The molecule has 2 N–H and O–H groups in total. The van der Waals surface area contributed by atoms with Crippen molar-refractivity contribution in [1.82, 2.24) is 20.0 Å². The smallest absolute Gasteiger partial charge is 0.226 e. The van der Waals surface area contributed by atoms with Crippen molar-refractivity contribution in [3.63, 3.8) is 0 Å². The summed E-state index contributed by atoms with van der Waals surface area (Å²) in [6.07, 6.45) is 3.47. The Morgan fingerprint density at radius 3 is 2.67 bits per heavy atom. The average molecular weight is 368 g/mol. The fraction of sp³-hybridized carbons (Fsp3) is 0.450. The van der Waals surface area contributed by atoms with E-state index in [2.05, 4.69) is 10.4 Å². The van der Waals surface area contributed by atoms with Gasteiger partial charge >= 0.3 is 0 Å². The molecule has 7 heteroatoms. The zero-order valence-electron chi connectivity index (χ0n) is 15.2. The lowest BCUT2D eigenvalue weighted by molar-refractivity contribution is -0.139. The van der Waals surface area contributed by atoms with Gasteiger partial charge in [0, 0.05) is 12.5 Å². The number of nitrogens with one attached hydrogen (secondary N) is 1. The topological polar surface area (TPSA) is 87.5 Å². The first kappa shape index (κ1) is 17.6. The van der Waals surface area contributed by atoms with Crippen molar-refractivity contribution in [2.24, 2.45) is 5.92 Å². The van der Waals surface area contributed by atoms with Gasteiger partial charge in [0.1, 0.15) is 5.75 Å². The van der Waals surface area contributed by atoms with E-state index in [1.165, 1.54) is 0 Å². The first-order chi connectivity index (χ1) is 13.1. The Balaban J connectivity index is 1.31. The van der Waals surface area contributed by atoms with Crippen LogP contribution in [0.5, 0.6) is 5.75 Å². The Morgan fingerprint density at radius 1 is 1.19 bits per heavy atom. The molecule has 1 fully saturated rings. The Morgan fingerprint density at radius 2 is 1.96 bits per heavy atom. The lowest BCUT2D eigenvalue weighted by atomic mass is 9.84. The molecule has 1 saturated carbocycles. The Hall–Kier alpha value is -2.83. The number of amides is 2. The van der Waals surface area contributed by atoms with E-state index >= 15 is 0 Å². The first-order valence-electron chi connectivity index (χ1n) is 9.47. The minimum absolute atomic E-state index is 0.0894. The molecule has 1 aromatic heterocycles. The average Bonchev–Trinajstić information content (AvgIpc) is 3.02. The number of nitrogens with zero attached hydrogens (tertiary/aromatic N) is 3. The van der Waals surface area contributed by atoms with E-state index in [0.29, 0.717) is 26.2 Å². The van der Waals surface area contributed by atoms with Gasteiger partial charge in [-0.25, -0.2) is 0 Å². The summed E-state index contributed by atoms with van der Waals surface area (Å²) in [5.41, 5.74) is 2.68. The van der Waals surface area contributed by atoms with E-state index in [1.54, 1.807) is 24.3 Å². The molecule has 2 heterocycles. The van der Waals surface area contributed by atoms with Gasteiger partial charge in [-0.05, 0) is 36.6 Å². The molecule has 0 atom stereocenters. The molecule has 0 spiro atoms. The van der Waals surface area contributed by atoms with Crippen LogP contribution in [-0.2, 0) is 35.6 Å². The third kappa shape index (κ3) is 3.97. The van der Waals surface area contributed by atoms with Gasteiger partial charge in [0.15, 0.2) is 0 Å². The van der Waals surface area contributed by atoms with E-state index in [4.69, 9.17) is 0 Å². The van der Waals surface area contributed by atoms with E-state index < -0.39 is 0 Å². The summed E-state index contributed by atoms with van der Waals surface area (Å²) in [7, 11) is 0. The zero-order chi connectivity index (χ0) is 18.8. The van der Waals surface area contributed by atoms with Crippen LogP contribution in [0.1, 0.15) is 36.2 Å². The Labute approximate surface area is 158 Å². The molecule has 7 nitrogen and oxygen atoms in total. The van der Waals surface area contributed by atoms with Gasteiger partial charge in [0.05, 0.1) is 37.4 Å². The summed E-state index contributed by atoms with van der Waals surface area (Å²) in [6, 6.07) is 8.59. The highest BCUT2D eigenvalue weighted by molar-refractivity contribution is 5.79. The molecule has 27 heavy (non-hydrogen) atoms. The number of rotatable bonds is 5. The van der Waals surface area contributed by atoms with E-state index in [0.717, 1.165) is 36.2 Å². The van der Waals surface area contributed by atoms with Crippen LogP contribution in [0.2, 0.25) is 0 Å². The van der Waals surface area contributed by atoms with Crippen molar-refractivity contribution in [3.05, 3.63) is 47.3 Å². The van der Waals surface area contributed by atoms with Crippen LogP contribution < -0.4 is 5.32 Å². The highest BCUT2D eigenvalue weighted by Crippen LogP contribution is 2.29. The molecule has 0 unspecified atom stereocenters. The molecule has 0 bridgehead atoms. The molecule has 1 aliphatic carbocycles. The molecule has 1 aliphatic heterocycles. The minimum Gasteiger partial charge on any atom is -0.508 e. The normalized spacial score (nSPS) is 16.5. The molecule has 142 valence electrons. The molecule has 0 saturated heterocycles. The van der Waals surface area contributed by atoms with E-state index in [9.17, 15) is 14.7 Å². The first-order valence-corrected chi connectivity index (χ1v) is 9.47. The fourth-order valence-corrected chi connectivity index (χ4v) is 3.56. The molecular formula is C20H24N4O3. The van der Waals surface area contributed by atoms with Crippen LogP contribution in [0.15, 0.2) is 30.3 Å². The van der Waals surface area contributed by atoms with Crippen molar-refractivity contribution in [2.75, 3.05) is 6.54 Å². The number of phenolic OH excluding ortho intramolecular Hbond substituents is 1. The van der Waals surface area contributed by atoms with Gasteiger partial charge in [-0.15, -0.1) is 0 Å².